The van der Waals surface area contributed by atoms with Crippen molar-refractivity contribution in [2.24, 2.45) is 0 Å². The molecule has 0 aromatic carbocycles. The van der Waals surface area contributed by atoms with Crippen molar-refractivity contribution >= 4 is 17.0 Å². The van der Waals surface area contributed by atoms with E-state index in [1.165, 1.54) is 19.3 Å². The molecule has 0 fully saturated rings. The highest BCUT2D eigenvalue weighted by Gasteiger charge is 2.13. The second kappa shape index (κ2) is 5.17. The number of hydrogen-bond acceptors (Lipinski definition) is 3. The van der Waals surface area contributed by atoms with Crippen LogP contribution in [0.1, 0.15) is 45.6 Å². The van der Waals surface area contributed by atoms with Gasteiger partial charge in [0.25, 0.3) is 0 Å². The minimum atomic E-state index is 0.397. The summed E-state index contributed by atoms with van der Waals surface area (Å²) in [6, 6.07) is 2.38. The third-order valence-electron chi connectivity index (χ3n) is 3.19. The van der Waals surface area contributed by atoms with Crippen molar-refractivity contribution in [1.82, 2.24) is 14.5 Å². The van der Waals surface area contributed by atoms with E-state index in [1.54, 1.807) is 12.4 Å². The summed E-state index contributed by atoms with van der Waals surface area (Å²) in [4.78, 5) is 8.41. The summed E-state index contributed by atoms with van der Waals surface area (Å²) in [5.41, 5.74) is 7.95. The van der Waals surface area contributed by atoms with Crippen molar-refractivity contribution in [3.8, 4) is 0 Å². The lowest BCUT2D eigenvalue weighted by Crippen LogP contribution is -2.08. The zero-order valence-electron chi connectivity index (χ0n) is 10.6. The second-order valence-corrected chi connectivity index (χ2v) is 4.55. The molecule has 4 heteroatoms. The Morgan fingerprint density at radius 1 is 1.41 bits per heavy atom. The zero-order chi connectivity index (χ0) is 12.3. The van der Waals surface area contributed by atoms with E-state index in [-0.39, 0.29) is 0 Å². The molecule has 0 amide bonds. The van der Waals surface area contributed by atoms with Crippen molar-refractivity contribution in [3.05, 3.63) is 18.5 Å². The zero-order valence-corrected chi connectivity index (χ0v) is 10.6. The number of nitrogen functional groups attached to an aromatic ring is 1. The van der Waals surface area contributed by atoms with Crippen LogP contribution in [-0.4, -0.2) is 14.5 Å². The van der Waals surface area contributed by atoms with Crippen LogP contribution in [0.4, 0.5) is 5.95 Å². The summed E-state index contributed by atoms with van der Waals surface area (Å²) in [5.74, 6) is 0.594. The fourth-order valence-corrected chi connectivity index (χ4v) is 2.25. The van der Waals surface area contributed by atoms with Crippen molar-refractivity contribution in [3.63, 3.8) is 0 Å². The Hall–Kier alpha value is -1.58. The van der Waals surface area contributed by atoms with Gasteiger partial charge in [0, 0.05) is 12.2 Å². The summed E-state index contributed by atoms with van der Waals surface area (Å²) in [6.45, 7) is 4.42. The lowest BCUT2D eigenvalue weighted by molar-refractivity contribution is 0.492. The summed E-state index contributed by atoms with van der Waals surface area (Å²) in [5, 5.41) is 0. The molecule has 4 nitrogen and oxygen atoms in total. The van der Waals surface area contributed by atoms with Gasteiger partial charge in [-0.25, -0.2) is 4.98 Å². The molecule has 2 N–H and O–H groups in total. The van der Waals surface area contributed by atoms with Crippen molar-refractivity contribution in [1.29, 1.82) is 0 Å². The molecule has 2 aromatic heterocycles. The molecule has 1 atom stereocenters. The summed E-state index contributed by atoms with van der Waals surface area (Å²) >= 11 is 0. The van der Waals surface area contributed by atoms with Gasteiger partial charge in [0.1, 0.15) is 5.52 Å². The van der Waals surface area contributed by atoms with Crippen molar-refractivity contribution in [2.75, 3.05) is 5.73 Å². The van der Waals surface area contributed by atoms with Crippen LogP contribution in [0.25, 0.3) is 11.0 Å². The molecule has 0 saturated carbocycles. The Balaban J connectivity index is 2.24. The van der Waals surface area contributed by atoms with Gasteiger partial charge in [0.05, 0.1) is 11.7 Å². The third-order valence-corrected chi connectivity index (χ3v) is 3.19. The molecule has 92 valence electrons. The minimum Gasteiger partial charge on any atom is -0.369 e. The van der Waals surface area contributed by atoms with E-state index in [1.807, 2.05) is 6.07 Å². The van der Waals surface area contributed by atoms with Gasteiger partial charge in [-0.05, 0) is 19.4 Å². The summed E-state index contributed by atoms with van der Waals surface area (Å²) < 4.78 is 2.12. The van der Waals surface area contributed by atoms with Crippen LogP contribution in [0.3, 0.4) is 0 Å². The molecular formula is C13H20N4. The first-order chi connectivity index (χ1) is 8.24. The molecule has 2 aromatic rings. The van der Waals surface area contributed by atoms with E-state index in [4.69, 9.17) is 5.73 Å². The Labute approximate surface area is 102 Å². The standard InChI is InChI=1S/C13H20N4/c1-3-4-5-6-10(2)17-12-7-8-15-9-11(12)16-13(17)14/h7-10H,3-6H2,1-2H3,(H2,14,16). The van der Waals surface area contributed by atoms with E-state index in [2.05, 4.69) is 28.4 Å². The number of imidazole rings is 1. The molecule has 0 radical (unpaired) electrons. The largest absolute Gasteiger partial charge is 0.369 e. The molecular weight excluding hydrogens is 212 g/mol. The molecule has 0 aliphatic heterocycles. The molecule has 2 heterocycles. The number of rotatable bonds is 5. The van der Waals surface area contributed by atoms with Gasteiger partial charge in [0.2, 0.25) is 5.95 Å². The molecule has 0 spiro atoms. The number of nitrogens with zero attached hydrogens (tertiary/aromatic N) is 3. The van der Waals surface area contributed by atoms with Gasteiger partial charge >= 0.3 is 0 Å². The normalized spacial score (nSPS) is 13.1. The number of nitrogens with two attached hydrogens (primary N) is 1. The predicted octanol–water partition coefficient (Wildman–Crippen LogP) is 3.15. The first-order valence-electron chi connectivity index (χ1n) is 6.31. The van der Waals surface area contributed by atoms with Gasteiger partial charge in [-0.15, -0.1) is 0 Å². The second-order valence-electron chi connectivity index (χ2n) is 4.55. The number of hydrogen-bond donors (Lipinski definition) is 1. The fraction of sp³-hybridized carbons (Fsp3) is 0.538. The molecule has 0 bridgehead atoms. The minimum absolute atomic E-state index is 0.397. The first-order valence-corrected chi connectivity index (χ1v) is 6.31. The number of aromatic nitrogens is 3. The van der Waals surface area contributed by atoms with Crippen LogP contribution in [-0.2, 0) is 0 Å². The molecule has 0 saturated heterocycles. The van der Waals surface area contributed by atoms with E-state index in [9.17, 15) is 0 Å². The first kappa shape index (κ1) is 11.9. The number of anilines is 1. The molecule has 0 aliphatic carbocycles. The highest BCUT2D eigenvalue weighted by Crippen LogP contribution is 2.25. The van der Waals surface area contributed by atoms with Gasteiger partial charge in [-0.1, -0.05) is 26.2 Å². The monoisotopic (exact) mass is 232 g/mol. The maximum absolute atomic E-state index is 5.98. The van der Waals surface area contributed by atoms with Crippen LogP contribution in [0.5, 0.6) is 0 Å². The molecule has 17 heavy (non-hydrogen) atoms. The van der Waals surface area contributed by atoms with Crippen molar-refractivity contribution < 1.29 is 0 Å². The van der Waals surface area contributed by atoms with Gasteiger partial charge in [-0.3, -0.25) is 4.98 Å². The predicted molar refractivity (Wildman–Crippen MR) is 70.8 cm³/mol. The van der Waals surface area contributed by atoms with Crippen LogP contribution >= 0.6 is 0 Å². The smallest absolute Gasteiger partial charge is 0.201 e. The average molecular weight is 232 g/mol. The van der Waals surface area contributed by atoms with Crippen LogP contribution in [0, 0.1) is 0 Å². The maximum Gasteiger partial charge on any atom is 0.201 e. The SMILES string of the molecule is CCCCCC(C)n1c(N)nc2cnccc21. The Kier molecular flexibility index (Phi) is 3.61. The topological polar surface area (TPSA) is 56.7 Å². The van der Waals surface area contributed by atoms with Gasteiger partial charge < -0.3 is 10.3 Å². The molecule has 2 rings (SSSR count). The van der Waals surface area contributed by atoms with Gasteiger partial charge in [-0.2, -0.15) is 0 Å². The Morgan fingerprint density at radius 2 is 2.24 bits per heavy atom. The van der Waals surface area contributed by atoms with Crippen LogP contribution < -0.4 is 5.73 Å². The van der Waals surface area contributed by atoms with Crippen LogP contribution in [0.15, 0.2) is 18.5 Å². The quantitative estimate of drug-likeness (QED) is 0.806. The summed E-state index contributed by atoms with van der Waals surface area (Å²) in [7, 11) is 0. The van der Waals surface area contributed by atoms with Crippen molar-refractivity contribution in [2.45, 2.75) is 45.6 Å². The number of fused-ring (bicyclic) bond motifs is 1. The van der Waals surface area contributed by atoms with E-state index in [0.29, 0.717) is 12.0 Å². The van der Waals surface area contributed by atoms with Crippen LogP contribution in [0.2, 0.25) is 0 Å². The average Bonchev–Trinajstić information content (AvgIpc) is 2.65. The number of pyridine rings is 1. The lowest BCUT2D eigenvalue weighted by Gasteiger charge is -2.15. The Morgan fingerprint density at radius 3 is 3.00 bits per heavy atom. The molecule has 1 unspecified atom stereocenters. The van der Waals surface area contributed by atoms with E-state index >= 15 is 0 Å². The highest BCUT2D eigenvalue weighted by molar-refractivity contribution is 5.77. The maximum atomic E-state index is 5.98. The lowest BCUT2D eigenvalue weighted by atomic mass is 10.1. The van der Waals surface area contributed by atoms with Gasteiger partial charge in [0.15, 0.2) is 0 Å². The Bertz CT molecular complexity index is 489. The summed E-state index contributed by atoms with van der Waals surface area (Å²) in [6.07, 6.45) is 8.46. The third kappa shape index (κ3) is 2.40. The number of unbranched alkanes of at least 4 members (excludes halogenated alkanes) is 2. The van der Waals surface area contributed by atoms with E-state index < -0.39 is 0 Å². The molecule has 0 aliphatic rings. The highest BCUT2D eigenvalue weighted by atomic mass is 15.2. The fourth-order valence-electron chi connectivity index (χ4n) is 2.25. The van der Waals surface area contributed by atoms with E-state index in [0.717, 1.165) is 17.5 Å².